The molecule has 0 saturated heterocycles. The molecule has 3 aromatic heterocycles. The van der Waals surface area contributed by atoms with Gasteiger partial charge in [-0.25, -0.2) is 9.97 Å². The summed E-state index contributed by atoms with van der Waals surface area (Å²) < 4.78 is 2.12. The van der Waals surface area contributed by atoms with E-state index < -0.39 is 0 Å². The molecule has 0 N–H and O–H groups in total. The van der Waals surface area contributed by atoms with Gasteiger partial charge in [-0.05, 0) is 48.3 Å². The normalized spacial score (nSPS) is 19.6. The molecule has 1 aliphatic rings. The minimum Gasteiger partial charge on any atom is -0.318 e. The van der Waals surface area contributed by atoms with Crippen LogP contribution >= 0.6 is 11.6 Å². The molecule has 7 heteroatoms. The lowest BCUT2D eigenvalue weighted by Crippen LogP contribution is -2.18. The van der Waals surface area contributed by atoms with E-state index in [0.29, 0.717) is 23.0 Å². The molecule has 29 heavy (non-hydrogen) atoms. The van der Waals surface area contributed by atoms with E-state index in [9.17, 15) is 5.26 Å². The Kier molecular flexibility index (Phi) is 5.51. The predicted octanol–water partition coefficient (Wildman–Crippen LogP) is 5.36. The van der Waals surface area contributed by atoms with Crippen molar-refractivity contribution in [2.75, 3.05) is 0 Å². The third-order valence-electron chi connectivity index (χ3n) is 5.92. The summed E-state index contributed by atoms with van der Waals surface area (Å²) in [7, 11) is 0. The van der Waals surface area contributed by atoms with Crippen LogP contribution in [0.3, 0.4) is 0 Å². The second-order valence-corrected chi connectivity index (χ2v) is 8.78. The molecule has 1 fully saturated rings. The van der Waals surface area contributed by atoms with Gasteiger partial charge in [-0.1, -0.05) is 45.2 Å². The van der Waals surface area contributed by atoms with Gasteiger partial charge < -0.3 is 4.57 Å². The van der Waals surface area contributed by atoms with Gasteiger partial charge in [-0.3, -0.25) is 4.98 Å². The van der Waals surface area contributed by atoms with Crippen molar-refractivity contribution in [1.82, 2.24) is 24.5 Å². The Bertz CT molecular complexity index is 1070. The second kappa shape index (κ2) is 8.08. The largest absolute Gasteiger partial charge is 0.318 e. The number of rotatable bonds is 4. The summed E-state index contributed by atoms with van der Waals surface area (Å²) in [5.41, 5.74) is 3.15. The van der Waals surface area contributed by atoms with Crippen LogP contribution in [0.25, 0.3) is 22.7 Å². The third-order valence-corrected chi connectivity index (χ3v) is 6.18. The topological polar surface area (TPSA) is 80.3 Å². The first-order valence-corrected chi connectivity index (χ1v) is 10.6. The average Bonchev–Trinajstić information content (AvgIpc) is 3.08. The molecule has 3 aromatic rings. The van der Waals surface area contributed by atoms with E-state index in [-0.39, 0.29) is 11.0 Å². The molecule has 0 amide bonds. The van der Waals surface area contributed by atoms with Crippen LogP contribution in [-0.2, 0) is 6.54 Å². The average molecular weight is 409 g/mol. The Balaban J connectivity index is 1.85. The van der Waals surface area contributed by atoms with Crippen molar-refractivity contribution in [2.45, 2.75) is 58.9 Å². The molecule has 1 saturated carbocycles. The lowest BCUT2D eigenvalue weighted by molar-refractivity contribution is 0.267. The summed E-state index contributed by atoms with van der Waals surface area (Å²) in [6, 6.07) is 6.08. The fourth-order valence-electron chi connectivity index (χ4n) is 4.11. The highest BCUT2D eigenvalue weighted by molar-refractivity contribution is 6.33. The highest BCUT2D eigenvalue weighted by atomic mass is 35.5. The van der Waals surface area contributed by atoms with Crippen molar-refractivity contribution in [2.24, 2.45) is 11.8 Å². The zero-order valence-electron chi connectivity index (χ0n) is 17.1. The van der Waals surface area contributed by atoms with Gasteiger partial charge in [0.15, 0.2) is 16.6 Å². The lowest BCUT2D eigenvalue weighted by Gasteiger charge is -2.27. The maximum atomic E-state index is 9.22. The molecule has 1 aliphatic carbocycles. The van der Waals surface area contributed by atoms with Crippen LogP contribution in [0.5, 0.6) is 0 Å². The van der Waals surface area contributed by atoms with Gasteiger partial charge in [0.2, 0.25) is 5.82 Å². The van der Waals surface area contributed by atoms with Gasteiger partial charge >= 0.3 is 0 Å². The van der Waals surface area contributed by atoms with Gasteiger partial charge in [0.25, 0.3) is 0 Å². The highest BCUT2D eigenvalue weighted by Crippen LogP contribution is 2.34. The number of hydrogen-bond acceptors (Lipinski definition) is 5. The van der Waals surface area contributed by atoms with E-state index in [1.54, 1.807) is 0 Å². The fourth-order valence-corrected chi connectivity index (χ4v) is 4.38. The van der Waals surface area contributed by atoms with Crippen LogP contribution in [0.4, 0.5) is 0 Å². The molecule has 0 unspecified atom stereocenters. The second-order valence-electron chi connectivity index (χ2n) is 8.42. The molecule has 0 bridgehead atoms. The van der Waals surface area contributed by atoms with Gasteiger partial charge in [0.05, 0.1) is 0 Å². The van der Waals surface area contributed by atoms with Crippen LogP contribution in [-0.4, -0.2) is 24.5 Å². The molecule has 0 atom stereocenters. The maximum absolute atomic E-state index is 9.22. The molecule has 0 aromatic carbocycles. The number of pyridine rings is 1. The summed E-state index contributed by atoms with van der Waals surface area (Å²) in [5.74, 6) is 2.52. The molecule has 3 heterocycles. The van der Waals surface area contributed by atoms with E-state index in [1.807, 2.05) is 18.3 Å². The number of nitriles is 1. The molecule has 0 aliphatic heterocycles. The van der Waals surface area contributed by atoms with Crippen LogP contribution in [0.15, 0.2) is 18.3 Å². The van der Waals surface area contributed by atoms with Gasteiger partial charge in [-0.15, -0.1) is 0 Å². The third kappa shape index (κ3) is 3.97. The monoisotopic (exact) mass is 408 g/mol. The first-order chi connectivity index (χ1) is 14.0. The fraction of sp³-hybridized carbons (Fsp3) is 0.500. The number of imidazole rings is 1. The minimum atomic E-state index is 0.0362. The zero-order valence-corrected chi connectivity index (χ0v) is 17.8. The van der Waals surface area contributed by atoms with E-state index in [0.717, 1.165) is 24.0 Å². The number of fused-ring (bicyclic) bond motifs is 1. The standard InChI is InChI=1S/C22H25ClN6/c1-13(2)16-8-9-25-17(10-16)22-28-21-19(20(23)26-18(11-24)27-21)29(22)12-15-6-4-14(3)5-7-15/h8-10,13-15H,4-7,12H2,1-3H3. The van der Waals surface area contributed by atoms with Crippen molar-refractivity contribution in [3.05, 3.63) is 34.9 Å². The maximum Gasteiger partial charge on any atom is 0.235 e. The molecular weight excluding hydrogens is 384 g/mol. The van der Waals surface area contributed by atoms with Gasteiger partial charge in [0.1, 0.15) is 17.3 Å². The molecule has 0 radical (unpaired) electrons. The number of nitrogens with zero attached hydrogens (tertiary/aromatic N) is 6. The van der Waals surface area contributed by atoms with E-state index in [2.05, 4.69) is 46.4 Å². The molecule has 0 spiro atoms. The quantitative estimate of drug-likeness (QED) is 0.542. The molecule has 4 rings (SSSR count). The Hall–Kier alpha value is -2.52. The number of hydrogen-bond donors (Lipinski definition) is 0. The van der Waals surface area contributed by atoms with Gasteiger partial charge in [-0.2, -0.15) is 10.2 Å². The number of halogens is 1. The van der Waals surface area contributed by atoms with Crippen LogP contribution in [0.2, 0.25) is 5.15 Å². The van der Waals surface area contributed by atoms with E-state index in [4.69, 9.17) is 16.6 Å². The molecular formula is C22H25ClN6. The minimum absolute atomic E-state index is 0.0362. The SMILES string of the molecule is CC1CCC(Cn2c(-c3cc(C(C)C)ccn3)nc3nc(C#N)nc(Cl)c32)CC1. The Morgan fingerprint density at radius 1 is 1.21 bits per heavy atom. The highest BCUT2D eigenvalue weighted by Gasteiger charge is 2.24. The van der Waals surface area contributed by atoms with Crippen molar-refractivity contribution < 1.29 is 0 Å². The summed E-state index contributed by atoms with van der Waals surface area (Å²) in [6.07, 6.45) is 6.70. The van der Waals surface area contributed by atoms with Crippen LogP contribution in [0, 0.1) is 23.2 Å². The van der Waals surface area contributed by atoms with Crippen molar-refractivity contribution in [3.63, 3.8) is 0 Å². The summed E-state index contributed by atoms with van der Waals surface area (Å²) in [4.78, 5) is 17.8. The summed E-state index contributed by atoms with van der Waals surface area (Å²) in [5, 5.41) is 9.49. The zero-order chi connectivity index (χ0) is 20.5. The van der Waals surface area contributed by atoms with Crippen molar-refractivity contribution >= 4 is 22.8 Å². The Morgan fingerprint density at radius 3 is 2.66 bits per heavy atom. The predicted molar refractivity (Wildman–Crippen MR) is 113 cm³/mol. The van der Waals surface area contributed by atoms with Crippen molar-refractivity contribution in [3.8, 4) is 17.6 Å². The van der Waals surface area contributed by atoms with Gasteiger partial charge in [0, 0.05) is 12.7 Å². The first-order valence-electron chi connectivity index (χ1n) is 10.3. The summed E-state index contributed by atoms with van der Waals surface area (Å²) in [6.45, 7) is 7.45. The van der Waals surface area contributed by atoms with E-state index in [1.165, 1.54) is 31.2 Å². The van der Waals surface area contributed by atoms with Crippen LogP contribution in [0.1, 0.15) is 63.8 Å². The lowest BCUT2D eigenvalue weighted by atomic mass is 9.83. The first kappa shape index (κ1) is 19.8. The van der Waals surface area contributed by atoms with E-state index >= 15 is 0 Å². The Labute approximate surface area is 176 Å². The van der Waals surface area contributed by atoms with Crippen LogP contribution < -0.4 is 0 Å². The smallest absolute Gasteiger partial charge is 0.235 e. The summed E-state index contributed by atoms with van der Waals surface area (Å²) >= 11 is 6.49. The number of aromatic nitrogens is 5. The Morgan fingerprint density at radius 2 is 1.97 bits per heavy atom. The molecule has 6 nitrogen and oxygen atoms in total. The molecule has 150 valence electrons. The van der Waals surface area contributed by atoms with Crippen molar-refractivity contribution in [1.29, 1.82) is 5.26 Å².